The number of allylic oxidation sites excluding steroid dienone is 1. The molecule has 0 unspecified atom stereocenters. The van der Waals surface area contributed by atoms with Crippen molar-refractivity contribution in [2.75, 3.05) is 13.1 Å². The van der Waals surface area contributed by atoms with Crippen LogP contribution in [0.3, 0.4) is 0 Å². The van der Waals surface area contributed by atoms with Gasteiger partial charge >= 0.3 is 13.1 Å². The van der Waals surface area contributed by atoms with Crippen LogP contribution in [0.5, 0.6) is 0 Å². The number of hydrogen-bond donors (Lipinski definition) is 0. The van der Waals surface area contributed by atoms with Gasteiger partial charge in [0, 0.05) is 13.1 Å². The topological polar surface area (TPSA) is 29.5 Å². The van der Waals surface area contributed by atoms with Crippen molar-refractivity contribution in [3.05, 3.63) is 11.5 Å². The molecule has 0 spiro atoms. The van der Waals surface area contributed by atoms with E-state index >= 15 is 0 Å². The predicted octanol–water partition coefficient (Wildman–Crippen LogP) is 4.11. The maximum atomic E-state index is 12.4. The average molecular weight is 292 g/mol. The molecule has 1 aliphatic rings. The van der Waals surface area contributed by atoms with Crippen molar-refractivity contribution < 1.29 is 22.5 Å². The van der Waals surface area contributed by atoms with Crippen molar-refractivity contribution in [3.63, 3.8) is 0 Å². The normalized spacial score (nSPS) is 18.3. The zero-order chi connectivity index (χ0) is 15.4. The molecule has 1 amide bonds. The molecule has 20 heavy (non-hydrogen) atoms. The molecule has 0 aliphatic carbocycles. The molecular formula is C13H22BF3NO2-. The molecule has 0 atom stereocenters. The third-order valence-electron chi connectivity index (χ3n) is 2.93. The number of likely N-dealkylation sites (tertiary alicyclic amines) is 1. The smallest absolute Gasteiger partial charge is 0.445 e. The van der Waals surface area contributed by atoms with Crippen LogP contribution in [0, 0.1) is 0 Å². The van der Waals surface area contributed by atoms with E-state index in [9.17, 15) is 17.7 Å². The van der Waals surface area contributed by atoms with Gasteiger partial charge in [-0.25, -0.2) is 4.79 Å². The van der Waals surface area contributed by atoms with Gasteiger partial charge in [0.1, 0.15) is 5.60 Å². The molecule has 3 nitrogen and oxygen atoms in total. The molecule has 1 rings (SSSR count). The SMILES string of the molecule is CC(C)(C)OC(=O)N1CCCC(=C[B-](F)(F)F)CCC1. The summed E-state index contributed by atoms with van der Waals surface area (Å²) in [5.74, 6) is 0.461. The standard InChI is InChI=1S/C13H22BF3NO2/c1-13(2,3)20-12(19)18-8-4-6-11(7-5-9-18)10-14(15,16)17/h10H,4-9H2,1-3H3/q-1. The Morgan fingerprint density at radius 2 is 1.70 bits per heavy atom. The monoisotopic (exact) mass is 292 g/mol. The summed E-state index contributed by atoms with van der Waals surface area (Å²) < 4.78 is 42.4. The predicted molar refractivity (Wildman–Crippen MR) is 73.4 cm³/mol. The van der Waals surface area contributed by atoms with Gasteiger partial charge in [-0.3, -0.25) is 0 Å². The molecular weight excluding hydrogens is 270 g/mol. The van der Waals surface area contributed by atoms with Gasteiger partial charge in [0.2, 0.25) is 0 Å². The van der Waals surface area contributed by atoms with E-state index in [-0.39, 0.29) is 6.09 Å². The molecule has 0 bridgehead atoms. The molecule has 1 heterocycles. The van der Waals surface area contributed by atoms with E-state index in [0.29, 0.717) is 50.3 Å². The number of halogens is 3. The lowest BCUT2D eigenvalue weighted by atomic mass is 9.85. The Kier molecular flexibility index (Phi) is 5.54. The third-order valence-corrected chi connectivity index (χ3v) is 2.93. The lowest BCUT2D eigenvalue weighted by Gasteiger charge is -2.29. The van der Waals surface area contributed by atoms with E-state index in [4.69, 9.17) is 4.74 Å². The summed E-state index contributed by atoms with van der Waals surface area (Å²) in [6.07, 6.45) is 1.47. The summed E-state index contributed by atoms with van der Waals surface area (Å²) in [6, 6.07) is 0. The molecule has 0 aromatic heterocycles. The number of amides is 1. The number of carbonyl (C=O) groups is 1. The van der Waals surface area contributed by atoms with Crippen molar-refractivity contribution in [3.8, 4) is 0 Å². The Hall–Kier alpha value is -1.14. The highest BCUT2D eigenvalue weighted by molar-refractivity contribution is 6.64. The first-order valence-electron chi connectivity index (χ1n) is 6.95. The lowest BCUT2D eigenvalue weighted by Crippen LogP contribution is -2.38. The molecule has 116 valence electrons. The van der Waals surface area contributed by atoms with E-state index in [1.54, 1.807) is 25.7 Å². The third kappa shape index (κ3) is 6.87. The number of nitrogens with zero attached hydrogens (tertiary/aromatic N) is 1. The first-order chi connectivity index (χ1) is 9.07. The molecule has 0 radical (unpaired) electrons. The van der Waals surface area contributed by atoms with Crippen LogP contribution >= 0.6 is 0 Å². The number of hydrogen-bond acceptors (Lipinski definition) is 2. The first kappa shape index (κ1) is 16.9. The van der Waals surface area contributed by atoms with Crippen LogP contribution in [0.4, 0.5) is 17.7 Å². The van der Waals surface area contributed by atoms with Gasteiger partial charge in [-0.15, -0.1) is 11.5 Å². The Morgan fingerprint density at radius 3 is 2.10 bits per heavy atom. The van der Waals surface area contributed by atoms with Gasteiger partial charge in [-0.05, 0) is 46.5 Å². The van der Waals surface area contributed by atoms with E-state index in [1.165, 1.54) is 0 Å². The van der Waals surface area contributed by atoms with Gasteiger partial charge in [-0.2, -0.15) is 0 Å². The van der Waals surface area contributed by atoms with Gasteiger partial charge in [0.25, 0.3) is 0 Å². The molecule has 1 fully saturated rings. The van der Waals surface area contributed by atoms with Crippen LogP contribution in [-0.2, 0) is 4.74 Å². The highest BCUT2D eigenvalue weighted by Crippen LogP contribution is 2.22. The van der Waals surface area contributed by atoms with Crippen LogP contribution in [0.1, 0.15) is 46.5 Å². The van der Waals surface area contributed by atoms with Gasteiger partial charge in [-0.1, -0.05) is 0 Å². The fourth-order valence-electron chi connectivity index (χ4n) is 2.17. The molecule has 1 aliphatic heterocycles. The summed E-state index contributed by atoms with van der Waals surface area (Å²) in [5.41, 5.74) is -0.107. The quantitative estimate of drug-likeness (QED) is 0.681. The Labute approximate surface area is 118 Å². The summed E-state index contributed by atoms with van der Waals surface area (Å²) in [6.45, 7) is 1.39. The van der Waals surface area contributed by atoms with E-state index in [1.807, 2.05) is 0 Å². The Morgan fingerprint density at radius 1 is 1.20 bits per heavy atom. The Bertz CT molecular complexity index is 363. The minimum atomic E-state index is -4.87. The highest BCUT2D eigenvalue weighted by atomic mass is 19.4. The van der Waals surface area contributed by atoms with Gasteiger partial charge in [0.15, 0.2) is 0 Å². The second kappa shape index (κ2) is 6.54. The largest absolute Gasteiger partial charge is 0.502 e. The zero-order valence-corrected chi connectivity index (χ0v) is 12.3. The van der Waals surface area contributed by atoms with Gasteiger partial charge in [0.05, 0.1) is 0 Å². The molecule has 0 N–H and O–H groups in total. The molecule has 0 aromatic rings. The minimum Gasteiger partial charge on any atom is -0.445 e. The van der Waals surface area contributed by atoms with Crippen molar-refractivity contribution >= 4 is 13.1 Å². The van der Waals surface area contributed by atoms with E-state index in [0.717, 1.165) is 0 Å². The molecule has 0 aromatic carbocycles. The van der Waals surface area contributed by atoms with Crippen LogP contribution < -0.4 is 0 Å². The lowest BCUT2D eigenvalue weighted by molar-refractivity contribution is 0.0241. The summed E-state index contributed by atoms with van der Waals surface area (Å²) >= 11 is 0. The maximum Gasteiger partial charge on any atom is 0.502 e. The van der Waals surface area contributed by atoms with Crippen molar-refractivity contribution in [1.82, 2.24) is 4.90 Å². The zero-order valence-electron chi connectivity index (χ0n) is 12.3. The fourth-order valence-corrected chi connectivity index (χ4v) is 2.17. The second-order valence-electron chi connectivity index (χ2n) is 6.12. The van der Waals surface area contributed by atoms with Crippen LogP contribution in [0.25, 0.3) is 0 Å². The van der Waals surface area contributed by atoms with E-state index < -0.39 is 12.6 Å². The molecule has 0 saturated carbocycles. The number of carbonyl (C=O) groups excluding carboxylic acids is 1. The second-order valence-corrected chi connectivity index (χ2v) is 6.12. The number of ether oxygens (including phenoxy) is 1. The van der Waals surface area contributed by atoms with Gasteiger partial charge < -0.3 is 22.6 Å². The first-order valence-corrected chi connectivity index (χ1v) is 6.95. The van der Waals surface area contributed by atoms with Crippen LogP contribution in [-0.4, -0.2) is 36.7 Å². The highest BCUT2D eigenvalue weighted by Gasteiger charge is 2.24. The number of rotatable bonds is 1. The van der Waals surface area contributed by atoms with Crippen LogP contribution in [0.2, 0.25) is 0 Å². The average Bonchev–Trinajstić information content (AvgIpc) is 2.17. The minimum absolute atomic E-state index is 0.384. The van der Waals surface area contributed by atoms with Crippen molar-refractivity contribution in [2.24, 2.45) is 0 Å². The summed E-state index contributed by atoms with van der Waals surface area (Å²) in [7, 11) is 0. The van der Waals surface area contributed by atoms with Crippen molar-refractivity contribution in [2.45, 2.75) is 52.1 Å². The summed E-state index contributed by atoms with van der Waals surface area (Å²) in [5, 5.41) is 0. The van der Waals surface area contributed by atoms with Crippen LogP contribution in [0.15, 0.2) is 11.5 Å². The summed E-state index contributed by atoms with van der Waals surface area (Å²) in [4.78, 5) is 13.5. The molecule has 1 saturated heterocycles. The fraction of sp³-hybridized carbons (Fsp3) is 0.769. The van der Waals surface area contributed by atoms with Crippen molar-refractivity contribution in [1.29, 1.82) is 0 Å². The maximum absolute atomic E-state index is 12.4. The Balaban J connectivity index is 2.54. The molecule has 7 heteroatoms. The van der Waals surface area contributed by atoms with E-state index in [2.05, 4.69) is 0 Å².